The number of piperazine rings is 1. The lowest BCUT2D eigenvalue weighted by atomic mass is 10.2. The first-order valence-electron chi connectivity index (χ1n) is 6.68. The highest BCUT2D eigenvalue weighted by Crippen LogP contribution is 2.08. The van der Waals surface area contributed by atoms with Crippen molar-refractivity contribution in [3.8, 4) is 0 Å². The largest absolute Gasteiger partial charge is 0.357 e. The smallest absolute Gasteiger partial charge is 0.178 e. The minimum atomic E-state index is 0.230. The molecule has 2 heterocycles. The number of Topliss-reactive ketones (excluding diaryl/α,β-unsaturated/α-hetero) is 1. The van der Waals surface area contributed by atoms with Crippen LogP contribution in [0.1, 0.15) is 24.2 Å². The monoisotopic (exact) mass is 249 g/mol. The highest BCUT2D eigenvalue weighted by molar-refractivity contribution is 5.97. The van der Waals surface area contributed by atoms with Crippen LogP contribution in [0.2, 0.25) is 0 Å². The van der Waals surface area contributed by atoms with Crippen LogP contribution in [0.3, 0.4) is 0 Å². The second kappa shape index (κ2) is 5.67. The minimum Gasteiger partial charge on any atom is -0.357 e. The number of carbonyl (C=O) groups excluding carboxylic acids is 1. The molecule has 0 N–H and O–H groups in total. The summed E-state index contributed by atoms with van der Waals surface area (Å²) in [6.45, 7) is 9.14. The maximum absolute atomic E-state index is 12.1. The van der Waals surface area contributed by atoms with Crippen molar-refractivity contribution in [2.75, 3.05) is 32.7 Å². The van der Waals surface area contributed by atoms with E-state index in [1.807, 2.05) is 30.1 Å². The Kier molecular flexibility index (Phi) is 4.19. The summed E-state index contributed by atoms with van der Waals surface area (Å²) in [6, 6.07) is 2.50. The zero-order valence-electron chi connectivity index (χ0n) is 11.6. The van der Waals surface area contributed by atoms with Gasteiger partial charge >= 0.3 is 0 Å². The average Bonchev–Trinajstić information content (AvgIpc) is 2.76. The van der Waals surface area contributed by atoms with Crippen molar-refractivity contribution >= 4 is 5.78 Å². The molecular weight excluding hydrogens is 226 g/mol. The number of hydrogen-bond donors (Lipinski definition) is 0. The van der Waals surface area contributed by atoms with E-state index in [0.29, 0.717) is 12.6 Å². The molecule has 2 rings (SSSR count). The molecule has 0 atom stereocenters. The van der Waals surface area contributed by atoms with E-state index < -0.39 is 0 Å². The molecule has 18 heavy (non-hydrogen) atoms. The first kappa shape index (κ1) is 13.3. The molecule has 0 aromatic carbocycles. The van der Waals surface area contributed by atoms with Gasteiger partial charge in [-0.3, -0.25) is 14.6 Å². The van der Waals surface area contributed by atoms with Crippen molar-refractivity contribution < 1.29 is 4.79 Å². The number of hydrogen-bond acceptors (Lipinski definition) is 3. The Morgan fingerprint density at radius 1 is 1.28 bits per heavy atom. The molecule has 4 nitrogen and oxygen atoms in total. The van der Waals surface area contributed by atoms with Gasteiger partial charge in [0.05, 0.1) is 6.54 Å². The van der Waals surface area contributed by atoms with Crippen LogP contribution in [-0.2, 0) is 7.05 Å². The molecule has 0 radical (unpaired) electrons. The van der Waals surface area contributed by atoms with Gasteiger partial charge in [-0.1, -0.05) is 0 Å². The molecule has 0 spiro atoms. The van der Waals surface area contributed by atoms with Gasteiger partial charge in [-0.15, -0.1) is 0 Å². The van der Waals surface area contributed by atoms with Crippen LogP contribution >= 0.6 is 0 Å². The quantitative estimate of drug-likeness (QED) is 0.752. The van der Waals surface area contributed by atoms with Gasteiger partial charge in [-0.25, -0.2) is 0 Å². The third-order valence-corrected chi connectivity index (χ3v) is 3.66. The predicted molar refractivity (Wildman–Crippen MR) is 72.9 cm³/mol. The summed E-state index contributed by atoms with van der Waals surface area (Å²) in [4.78, 5) is 16.8. The van der Waals surface area contributed by atoms with Crippen LogP contribution in [0.4, 0.5) is 0 Å². The van der Waals surface area contributed by atoms with Gasteiger partial charge in [0.1, 0.15) is 0 Å². The van der Waals surface area contributed by atoms with Crippen LogP contribution in [0.15, 0.2) is 18.5 Å². The number of rotatable bonds is 4. The highest BCUT2D eigenvalue weighted by atomic mass is 16.1. The van der Waals surface area contributed by atoms with Crippen LogP contribution in [0.5, 0.6) is 0 Å². The third kappa shape index (κ3) is 3.21. The van der Waals surface area contributed by atoms with Crippen molar-refractivity contribution in [2.24, 2.45) is 7.05 Å². The lowest BCUT2D eigenvalue weighted by molar-refractivity contribution is 0.0807. The van der Waals surface area contributed by atoms with Crippen molar-refractivity contribution in [2.45, 2.75) is 19.9 Å². The number of nitrogens with zero attached hydrogens (tertiary/aromatic N) is 3. The average molecular weight is 249 g/mol. The standard InChI is InChI=1S/C14H23N3O/c1-12(2)17-8-6-16(7-9-17)11-14(18)13-4-5-15(3)10-13/h4-5,10,12H,6-9,11H2,1-3H3. The maximum atomic E-state index is 12.1. The second-order valence-corrected chi connectivity index (χ2v) is 5.39. The Morgan fingerprint density at radius 2 is 1.94 bits per heavy atom. The molecule has 100 valence electrons. The summed E-state index contributed by atoms with van der Waals surface area (Å²) >= 11 is 0. The van der Waals surface area contributed by atoms with E-state index in [4.69, 9.17) is 0 Å². The van der Waals surface area contributed by atoms with E-state index >= 15 is 0 Å². The van der Waals surface area contributed by atoms with Crippen LogP contribution < -0.4 is 0 Å². The molecule has 1 aromatic heterocycles. The number of carbonyl (C=O) groups is 1. The van der Waals surface area contributed by atoms with Crippen LogP contribution in [0.25, 0.3) is 0 Å². The topological polar surface area (TPSA) is 28.5 Å². The van der Waals surface area contributed by atoms with Gasteiger partial charge in [0.25, 0.3) is 0 Å². The van der Waals surface area contributed by atoms with Crippen LogP contribution in [-0.4, -0.2) is 58.9 Å². The molecular formula is C14H23N3O. The summed E-state index contributed by atoms with van der Waals surface area (Å²) in [7, 11) is 1.94. The molecule has 0 unspecified atom stereocenters. The van der Waals surface area contributed by atoms with E-state index in [1.165, 1.54) is 0 Å². The second-order valence-electron chi connectivity index (χ2n) is 5.39. The van der Waals surface area contributed by atoms with Crippen molar-refractivity contribution in [1.29, 1.82) is 0 Å². The fourth-order valence-electron chi connectivity index (χ4n) is 2.40. The summed E-state index contributed by atoms with van der Waals surface area (Å²) in [6.07, 6.45) is 3.82. The summed E-state index contributed by atoms with van der Waals surface area (Å²) < 4.78 is 1.92. The van der Waals surface area contributed by atoms with Crippen molar-refractivity contribution in [3.05, 3.63) is 24.0 Å². The predicted octanol–water partition coefficient (Wildman–Crippen LogP) is 1.23. The molecule has 1 aliphatic heterocycles. The zero-order chi connectivity index (χ0) is 13.1. The fourth-order valence-corrected chi connectivity index (χ4v) is 2.40. The Bertz CT molecular complexity index is 403. The first-order valence-corrected chi connectivity index (χ1v) is 6.68. The molecule has 0 bridgehead atoms. The summed E-state index contributed by atoms with van der Waals surface area (Å²) in [5, 5.41) is 0. The lowest BCUT2D eigenvalue weighted by Crippen LogP contribution is -2.49. The highest BCUT2D eigenvalue weighted by Gasteiger charge is 2.20. The van der Waals surface area contributed by atoms with E-state index in [2.05, 4.69) is 23.6 Å². The number of ketones is 1. The Morgan fingerprint density at radius 3 is 2.44 bits per heavy atom. The molecule has 1 saturated heterocycles. The Balaban J connectivity index is 1.83. The molecule has 4 heteroatoms. The number of aryl methyl sites for hydroxylation is 1. The minimum absolute atomic E-state index is 0.230. The van der Waals surface area contributed by atoms with Gasteiger partial charge in [0.15, 0.2) is 5.78 Å². The van der Waals surface area contributed by atoms with Crippen molar-refractivity contribution in [1.82, 2.24) is 14.4 Å². The van der Waals surface area contributed by atoms with Crippen LogP contribution in [0, 0.1) is 0 Å². The van der Waals surface area contributed by atoms with Gasteiger partial charge in [-0.05, 0) is 19.9 Å². The molecule has 0 aliphatic carbocycles. The van der Waals surface area contributed by atoms with E-state index in [-0.39, 0.29) is 5.78 Å². The fraction of sp³-hybridized carbons (Fsp3) is 0.643. The lowest BCUT2D eigenvalue weighted by Gasteiger charge is -2.36. The molecule has 1 aliphatic rings. The molecule has 0 saturated carbocycles. The van der Waals surface area contributed by atoms with Gasteiger partial charge in [0.2, 0.25) is 0 Å². The molecule has 1 fully saturated rings. The Labute approximate surface area is 109 Å². The van der Waals surface area contributed by atoms with Gasteiger partial charge in [0, 0.05) is 57.2 Å². The first-order chi connectivity index (χ1) is 8.56. The SMILES string of the molecule is CC(C)N1CCN(CC(=O)c2ccn(C)c2)CC1. The van der Waals surface area contributed by atoms with Gasteiger partial charge < -0.3 is 4.57 Å². The summed E-state index contributed by atoms with van der Waals surface area (Å²) in [5.41, 5.74) is 0.823. The maximum Gasteiger partial charge on any atom is 0.178 e. The summed E-state index contributed by atoms with van der Waals surface area (Å²) in [5.74, 6) is 0.230. The van der Waals surface area contributed by atoms with Gasteiger partial charge in [-0.2, -0.15) is 0 Å². The van der Waals surface area contributed by atoms with E-state index in [0.717, 1.165) is 31.7 Å². The third-order valence-electron chi connectivity index (χ3n) is 3.66. The molecule has 1 aromatic rings. The number of aromatic nitrogens is 1. The van der Waals surface area contributed by atoms with E-state index in [1.54, 1.807) is 0 Å². The zero-order valence-corrected chi connectivity index (χ0v) is 11.6. The normalized spacial score (nSPS) is 18.4. The molecule has 0 amide bonds. The van der Waals surface area contributed by atoms with E-state index in [9.17, 15) is 4.79 Å². The van der Waals surface area contributed by atoms with Crippen molar-refractivity contribution in [3.63, 3.8) is 0 Å². The Hall–Kier alpha value is -1.13.